The number of hydrogen-bond acceptors (Lipinski definition) is 4. The lowest BCUT2D eigenvalue weighted by Crippen LogP contribution is -2.05. The summed E-state index contributed by atoms with van der Waals surface area (Å²) in [5.41, 5.74) is 2.47. The summed E-state index contributed by atoms with van der Waals surface area (Å²) < 4.78 is 5.18. The van der Waals surface area contributed by atoms with Gasteiger partial charge in [0, 0.05) is 0 Å². The number of rotatable bonds is 4. The number of esters is 1. The number of aliphatic hydroxyl groups excluding tert-OH is 1. The average Bonchev–Trinajstić information content (AvgIpc) is 2.53. The zero-order valence-electron chi connectivity index (χ0n) is 10.7. The van der Waals surface area contributed by atoms with Gasteiger partial charge in [0.1, 0.15) is 6.61 Å². The number of nitrogens with zero attached hydrogens (tertiary/aromatic N) is 1. The molecule has 0 aliphatic heterocycles. The number of carbonyl (C=O) groups is 1. The average molecular weight is 267 g/mol. The van der Waals surface area contributed by atoms with Crippen LogP contribution in [0, 0.1) is 11.3 Å². The van der Waals surface area contributed by atoms with Crippen molar-refractivity contribution < 1.29 is 14.6 Å². The number of benzene rings is 2. The third-order valence-electron chi connectivity index (χ3n) is 2.80. The van der Waals surface area contributed by atoms with Crippen molar-refractivity contribution in [2.75, 3.05) is 0 Å². The van der Waals surface area contributed by atoms with Gasteiger partial charge < -0.3 is 9.84 Å². The van der Waals surface area contributed by atoms with Crippen LogP contribution < -0.4 is 0 Å². The van der Waals surface area contributed by atoms with E-state index in [1.807, 2.05) is 6.07 Å². The van der Waals surface area contributed by atoms with Crippen LogP contribution in [0.3, 0.4) is 0 Å². The Labute approximate surface area is 116 Å². The van der Waals surface area contributed by atoms with Crippen LogP contribution in [0.1, 0.15) is 27.0 Å². The molecule has 1 N–H and O–H groups in total. The molecule has 0 heterocycles. The van der Waals surface area contributed by atoms with E-state index in [0.717, 1.165) is 11.1 Å². The molecule has 0 unspecified atom stereocenters. The van der Waals surface area contributed by atoms with E-state index in [0.29, 0.717) is 11.1 Å². The Hall–Kier alpha value is -2.64. The summed E-state index contributed by atoms with van der Waals surface area (Å²) in [6.07, 6.45) is 0. The molecular weight excluding hydrogens is 254 g/mol. The van der Waals surface area contributed by atoms with Crippen LogP contribution >= 0.6 is 0 Å². The van der Waals surface area contributed by atoms with Crippen LogP contribution in [0.2, 0.25) is 0 Å². The minimum atomic E-state index is -0.433. The first-order valence-electron chi connectivity index (χ1n) is 6.09. The Kier molecular flexibility index (Phi) is 4.48. The minimum absolute atomic E-state index is 0.0592. The Morgan fingerprint density at radius 2 is 1.90 bits per heavy atom. The maximum absolute atomic E-state index is 11.8. The van der Waals surface area contributed by atoms with Crippen molar-refractivity contribution in [2.45, 2.75) is 13.2 Å². The molecule has 0 saturated heterocycles. The second-order valence-electron chi connectivity index (χ2n) is 4.24. The molecule has 2 aromatic carbocycles. The molecule has 4 nitrogen and oxygen atoms in total. The van der Waals surface area contributed by atoms with Crippen LogP contribution in [-0.2, 0) is 18.0 Å². The van der Waals surface area contributed by atoms with E-state index in [9.17, 15) is 4.79 Å². The minimum Gasteiger partial charge on any atom is -0.457 e. The first kappa shape index (κ1) is 13.8. The van der Waals surface area contributed by atoms with Gasteiger partial charge in [-0.05, 0) is 35.4 Å². The monoisotopic (exact) mass is 267 g/mol. The normalized spacial score (nSPS) is 9.80. The van der Waals surface area contributed by atoms with Gasteiger partial charge in [-0.2, -0.15) is 5.26 Å². The van der Waals surface area contributed by atoms with Gasteiger partial charge in [0.05, 0.1) is 23.8 Å². The van der Waals surface area contributed by atoms with Crippen molar-refractivity contribution in [3.63, 3.8) is 0 Å². The highest BCUT2D eigenvalue weighted by molar-refractivity contribution is 5.89. The van der Waals surface area contributed by atoms with Crippen molar-refractivity contribution in [3.8, 4) is 6.07 Å². The van der Waals surface area contributed by atoms with E-state index in [-0.39, 0.29) is 13.2 Å². The van der Waals surface area contributed by atoms with Gasteiger partial charge in [0.15, 0.2) is 0 Å². The molecule has 0 atom stereocenters. The zero-order chi connectivity index (χ0) is 14.4. The number of hydrogen-bond donors (Lipinski definition) is 1. The second-order valence-corrected chi connectivity index (χ2v) is 4.24. The summed E-state index contributed by atoms with van der Waals surface area (Å²) >= 11 is 0. The van der Waals surface area contributed by atoms with Gasteiger partial charge in [-0.3, -0.25) is 0 Å². The van der Waals surface area contributed by atoms with E-state index in [1.54, 1.807) is 48.5 Å². The van der Waals surface area contributed by atoms with E-state index >= 15 is 0 Å². The van der Waals surface area contributed by atoms with E-state index in [1.165, 1.54) is 0 Å². The number of ether oxygens (including phenoxy) is 1. The van der Waals surface area contributed by atoms with Crippen molar-refractivity contribution in [1.82, 2.24) is 0 Å². The standard InChI is InChI=1S/C16H13NO3/c17-9-13-2-1-3-14(8-13)11-20-16(19)15-6-4-12(10-18)5-7-15/h1-8,18H,10-11H2. The summed E-state index contributed by atoms with van der Waals surface area (Å²) in [7, 11) is 0. The topological polar surface area (TPSA) is 70.3 Å². The lowest BCUT2D eigenvalue weighted by atomic mass is 10.1. The van der Waals surface area contributed by atoms with Gasteiger partial charge in [0.25, 0.3) is 0 Å². The predicted molar refractivity (Wildman–Crippen MR) is 72.6 cm³/mol. The summed E-state index contributed by atoms with van der Waals surface area (Å²) in [6, 6.07) is 15.5. The zero-order valence-corrected chi connectivity index (χ0v) is 10.7. The molecule has 2 aromatic rings. The smallest absolute Gasteiger partial charge is 0.338 e. The first-order valence-corrected chi connectivity index (χ1v) is 6.09. The van der Waals surface area contributed by atoms with Crippen LogP contribution in [0.4, 0.5) is 0 Å². The molecule has 0 aliphatic carbocycles. The van der Waals surface area contributed by atoms with Crippen LogP contribution in [0.15, 0.2) is 48.5 Å². The lowest BCUT2D eigenvalue weighted by Gasteiger charge is -2.05. The summed E-state index contributed by atoms with van der Waals surface area (Å²) in [4.78, 5) is 11.8. The van der Waals surface area contributed by atoms with E-state index in [4.69, 9.17) is 15.1 Å². The quantitative estimate of drug-likeness (QED) is 0.863. The number of nitriles is 1. The summed E-state index contributed by atoms with van der Waals surface area (Å²) in [5, 5.41) is 17.7. The third kappa shape index (κ3) is 3.44. The highest BCUT2D eigenvalue weighted by atomic mass is 16.5. The molecule has 0 spiro atoms. The highest BCUT2D eigenvalue weighted by Gasteiger charge is 2.07. The SMILES string of the molecule is N#Cc1cccc(COC(=O)c2ccc(CO)cc2)c1. The van der Waals surface area contributed by atoms with Crippen molar-refractivity contribution >= 4 is 5.97 Å². The van der Waals surface area contributed by atoms with Crippen molar-refractivity contribution in [3.05, 3.63) is 70.8 Å². The third-order valence-corrected chi connectivity index (χ3v) is 2.80. The summed E-state index contributed by atoms with van der Waals surface area (Å²) in [6.45, 7) is 0.0619. The molecule has 0 fully saturated rings. The van der Waals surface area contributed by atoms with Gasteiger partial charge in [-0.15, -0.1) is 0 Å². The maximum atomic E-state index is 11.8. The van der Waals surface area contributed by atoms with Crippen LogP contribution in [0.5, 0.6) is 0 Å². The maximum Gasteiger partial charge on any atom is 0.338 e. The fourth-order valence-corrected chi connectivity index (χ4v) is 1.71. The molecule has 0 saturated carbocycles. The Bertz CT molecular complexity index is 642. The molecule has 2 rings (SSSR count). The van der Waals surface area contributed by atoms with Gasteiger partial charge in [-0.25, -0.2) is 4.79 Å². The Morgan fingerprint density at radius 1 is 1.15 bits per heavy atom. The molecule has 0 radical (unpaired) electrons. The molecule has 100 valence electrons. The molecule has 0 aromatic heterocycles. The van der Waals surface area contributed by atoms with Crippen molar-refractivity contribution in [2.24, 2.45) is 0 Å². The molecular formula is C16H13NO3. The van der Waals surface area contributed by atoms with Gasteiger partial charge >= 0.3 is 5.97 Å². The van der Waals surface area contributed by atoms with Gasteiger partial charge in [0.2, 0.25) is 0 Å². The largest absolute Gasteiger partial charge is 0.457 e. The summed E-state index contributed by atoms with van der Waals surface area (Å²) in [5.74, 6) is -0.433. The van der Waals surface area contributed by atoms with Crippen LogP contribution in [0.25, 0.3) is 0 Å². The number of carbonyl (C=O) groups excluding carboxylic acids is 1. The second kappa shape index (κ2) is 6.50. The molecule has 20 heavy (non-hydrogen) atoms. The first-order chi connectivity index (χ1) is 9.72. The number of aliphatic hydroxyl groups is 1. The fraction of sp³-hybridized carbons (Fsp3) is 0.125. The van der Waals surface area contributed by atoms with Crippen LogP contribution in [-0.4, -0.2) is 11.1 Å². The molecule has 0 aliphatic rings. The molecule has 0 bridgehead atoms. The van der Waals surface area contributed by atoms with Gasteiger partial charge in [-0.1, -0.05) is 24.3 Å². The predicted octanol–water partition coefficient (Wildman–Crippen LogP) is 2.41. The Balaban J connectivity index is 1.99. The lowest BCUT2D eigenvalue weighted by molar-refractivity contribution is 0.0472. The molecule has 4 heteroatoms. The highest BCUT2D eigenvalue weighted by Crippen LogP contribution is 2.09. The van der Waals surface area contributed by atoms with E-state index < -0.39 is 5.97 Å². The Morgan fingerprint density at radius 3 is 2.55 bits per heavy atom. The van der Waals surface area contributed by atoms with Crippen molar-refractivity contribution in [1.29, 1.82) is 5.26 Å². The fourth-order valence-electron chi connectivity index (χ4n) is 1.71. The molecule has 0 amide bonds. The van der Waals surface area contributed by atoms with E-state index in [2.05, 4.69) is 0 Å².